The van der Waals surface area contributed by atoms with Crippen molar-refractivity contribution >= 4 is 45.3 Å². The van der Waals surface area contributed by atoms with Crippen molar-refractivity contribution in [2.45, 2.75) is 116 Å². The molecule has 1 N–H and O–H groups in total. The van der Waals surface area contributed by atoms with Crippen molar-refractivity contribution in [3.63, 3.8) is 0 Å². The summed E-state index contributed by atoms with van der Waals surface area (Å²) in [6, 6.07) is 5.56. The summed E-state index contributed by atoms with van der Waals surface area (Å²) in [5.41, 5.74) is 0.775. The second-order valence-electron chi connectivity index (χ2n) is 8.43. The Kier molecular flexibility index (Phi) is 21.6. The highest BCUT2D eigenvalue weighted by molar-refractivity contribution is 7.64. The molecule has 0 amide bonds. The van der Waals surface area contributed by atoms with Gasteiger partial charge in [-0.05, 0) is 12.1 Å². The Morgan fingerprint density at radius 1 is 0.710 bits per heavy atom. The minimum Gasteiger partial charge on any atom is -0.507 e. The second-order valence-corrected chi connectivity index (χ2v) is 17.7. The van der Waals surface area contributed by atoms with Crippen molar-refractivity contribution in [2.75, 3.05) is 0 Å². The minimum absolute atomic E-state index is 0.285. The normalized spacial score (nSPS) is 11.1. The first kappa shape index (κ1) is 30.8. The summed E-state index contributed by atoms with van der Waals surface area (Å²) >= 11 is 17.6. The van der Waals surface area contributed by atoms with E-state index < -0.39 is 6.00 Å². The summed E-state index contributed by atoms with van der Waals surface area (Å²) in [6.45, 7) is 5.81. The topological polar surface area (TPSA) is 20.2 Å². The van der Waals surface area contributed by atoms with Crippen LogP contribution >= 0.6 is 33.2 Å². The van der Waals surface area contributed by atoms with E-state index in [1.165, 1.54) is 96.3 Å². The maximum Gasteiger partial charge on any atom is 0.341 e. The number of phenols is 1. The average Bonchev–Trinajstić information content (AvgIpc) is 2.73. The number of para-hydroxylation sites is 1. The lowest BCUT2D eigenvalue weighted by atomic mass is 10.0. The Labute approximate surface area is 207 Å². The molecule has 0 fully saturated rings. The van der Waals surface area contributed by atoms with Crippen LogP contribution in [-0.2, 0) is 0 Å². The van der Waals surface area contributed by atoms with Crippen LogP contribution in [0.1, 0.15) is 115 Å². The Balaban J connectivity index is 0.000000823. The molecule has 0 heterocycles. The maximum absolute atomic E-state index is 9.04. The number of halogens is 3. The third-order valence-electron chi connectivity index (χ3n) is 5.47. The average molecular weight is 508 g/mol. The fourth-order valence-corrected chi connectivity index (χ4v) is 5.39. The Bertz CT molecular complexity index is 532. The highest BCUT2D eigenvalue weighted by Gasteiger charge is 2.23. The summed E-state index contributed by atoms with van der Waals surface area (Å²) in [5.74, 6) is 0.285. The molecule has 5 heteroatoms. The van der Waals surface area contributed by atoms with Gasteiger partial charge in [0.2, 0.25) is 0 Å². The number of rotatable bonds is 18. The van der Waals surface area contributed by atoms with Gasteiger partial charge in [-0.3, -0.25) is 0 Å². The van der Waals surface area contributed by atoms with Crippen LogP contribution < -0.4 is 0 Å². The lowest BCUT2D eigenvalue weighted by Gasteiger charge is -2.07. The Hall–Kier alpha value is -0.153. The zero-order valence-electron chi connectivity index (χ0n) is 19.7. The van der Waals surface area contributed by atoms with Gasteiger partial charge in [-0.1, -0.05) is 141 Å². The van der Waals surface area contributed by atoms with E-state index in [1.807, 2.05) is 12.1 Å². The highest BCUT2D eigenvalue weighted by Crippen LogP contribution is 2.27. The first-order valence-electron chi connectivity index (χ1n) is 12.4. The molecule has 180 valence electrons. The summed E-state index contributed by atoms with van der Waals surface area (Å²) in [5, 5.41) is 9.04. The summed E-state index contributed by atoms with van der Waals surface area (Å²) in [4.78, 5) is 0. The quantitative estimate of drug-likeness (QED) is 0.119. The molecule has 1 nitrogen and oxygen atoms in total. The van der Waals surface area contributed by atoms with Gasteiger partial charge < -0.3 is 5.11 Å². The number of aromatic hydroxyl groups is 1. The van der Waals surface area contributed by atoms with E-state index in [-0.39, 0.29) is 5.75 Å². The molecule has 0 aliphatic rings. The van der Waals surface area contributed by atoms with Crippen molar-refractivity contribution < 1.29 is 5.11 Å². The molecule has 0 saturated heterocycles. The number of hydrogen-bond acceptors (Lipinski definition) is 1. The van der Waals surface area contributed by atoms with Crippen LogP contribution in [0.3, 0.4) is 0 Å². The van der Waals surface area contributed by atoms with Crippen molar-refractivity contribution in [2.24, 2.45) is 0 Å². The van der Waals surface area contributed by atoms with Crippen molar-refractivity contribution in [1.82, 2.24) is 0 Å². The maximum atomic E-state index is 9.04. The first-order chi connectivity index (χ1) is 14.9. The van der Waals surface area contributed by atoms with Gasteiger partial charge in [0.25, 0.3) is 0 Å². The molecule has 0 aliphatic carbocycles. The zero-order chi connectivity index (χ0) is 23.2. The molecule has 0 radical (unpaired) electrons. The lowest BCUT2D eigenvalue weighted by Crippen LogP contribution is -2.07. The molecule has 31 heavy (non-hydrogen) atoms. The van der Waals surface area contributed by atoms with Crippen LogP contribution in [0.25, 0.3) is 6.08 Å². The van der Waals surface area contributed by atoms with Gasteiger partial charge in [-0.2, -0.15) is 0 Å². The third kappa shape index (κ3) is 22.8. The van der Waals surface area contributed by atoms with E-state index >= 15 is 0 Å². The molecule has 1 aromatic rings. The molecule has 0 unspecified atom stereocenters. The van der Waals surface area contributed by atoms with Crippen LogP contribution in [0.5, 0.6) is 5.75 Å². The van der Waals surface area contributed by atoms with Crippen LogP contribution in [0.2, 0.25) is 6.04 Å². The molecule has 0 saturated carbocycles. The molecule has 1 aromatic carbocycles. The fourth-order valence-electron chi connectivity index (χ4n) is 3.53. The van der Waals surface area contributed by atoms with E-state index in [0.29, 0.717) is 0 Å². The zero-order valence-corrected chi connectivity index (χ0v) is 23.0. The van der Waals surface area contributed by atoms with E-state index in [2.05, 4.69) is 13.5 Å². The SMILES string of the molecule is C=Cc1ccccc1O.CCCCCCCCCCCCCCCCCC[Si](Cl)(Cl)Cl. The molecule has 0 aliphatic heterocycles. The molecule has 0 spiro atoms. The van der Waals surface area contributed by atoms with Gasteiger partial charge in [0.05, 0.1) is 0 Å². The van der Waals surface area contributed by atoms with Crippen LogP contribution in [0.4, 0.5) is 0 Å². The second kappa shape index (κ2) is 21.7. The fraction of sp³-hybridized carbons (Fsp3) is 0.692. The molecular weight excluding hydrogens is 463 g/mol. The van der Waals surface area contributed by atoms with Crippen molar-refractivity contribution in [1.29, 1.82) is 0 Å². The van der Waals surface area contributed by atoms with Crippen molar-refractivity contribution in [3.8, 4) is 5.75 Å². The van der Waals surface area contributed by atoms with E-state index in [0.717, 1.165) is 18.0 Å². The van der Waals surface area contributed by atoms with Gasteiger partial charge in [0.1, 0.15) is 5.75 Å². The lowest BCUT2D eigenvalue weighted by molar-refractivity contribution is 0.474. The standard InChI is InChI=1S/C18H37Cl3Si.C8H8O/c1-2-3-4-5-6-7-8-9-10-11-12-13-14-15-16-17-18-22(19,20)21;1-2-7-5-3-4-6-8(7)9/h2-18H2,1H3;2-6,9H,1H2. The predicted molar refractivity (Wildman–Crippen MR) is 146 cm³/mol. The third-order valence-corrected chi connectivity index (χ3v) is 8.09. The summed E-state index contributed by atoms with van der Waals surface area (Å²) in [6.07, 6.45) is 23.8. The molecule has 0 atom stereocenters. The van der Waals surface area contributed by atoms with Crippen molar-refractivity contribution in [3.05, 3.63) is 36.4 Å². The van der Waals surface area contributed by atoms with Gasteiger partial charge in [-0.25, -0.2) is 0 Å². The van der Waals surface area contributed by atoms with Gasteiger partial charge in [0.15, 0.2) is 0 Å². The largest absolute Gasteiger partial charge is 0.507 e. The smallest absolute Gasteiger partial charge is 0.341 e. The predicted octanol–water partition coefficient (Wildman–Crippen LogP) is 10.9. The number of hydrogen-bond donors (Lipinski definition) is 1. The van der Waals surface area contributed by atoms with Gasteiger partial charge in [-0.15, -0.1) is 33.2 Å². The Morgan fingerprint density at radius 2 is 1.10 bits per heavy atom. The molecule has 0 bridgehead atoms. The molecule has 0 aromatic heterocycles. The summed E-state index contributed by atoms with van der Waals surface area (Å²) in [7, 11) is 0. The molecular formula is C26H45Cl3OSi. The minimum atomic E-state index is -2.35. The molecule has 1 rings (SSSR count). The monoisotopic (exact) mass is 506 g/mol. The Morgan fingerprint density at radius 3 is 1.42 bits per heavy atom. The number of unbranched alkanes of at least 4 members (excludes halogenated alkanes) is 15. The van der Waals surface area contributed by atoms with Gasteiger partial charge in [0, 0.05) is 5.56 Å². The number of benzene rings is 1. The van der Waals surface area contributed by atoms with E-state index in [9.17, 15) is 0 Å². The van der Waals surface area contributed by atoms with E-state index in [4.69, 9.17) is 38.3 Å². The van der Waals surface area contributed by atoms with Crippen LogP contribution in [0.15, 0.2) is 30.8 Å². The van der Waals surface area contributed by atoms with E-state index in [1.54, 1.807) is 18.2 Å². The number of phenolic OH excluding ortho intramolecular Hbond substituents is 1. The summed E-state index contributed by atoms with van der Waals surface area (Å²) < 4.78 is 0. The first-order valence-corrected chi connectivity index (χ1v) is 17.6. The van der Waals surface area contributed by atoms with Gasteiger partial charge >= 0.3 is 6.00 Å². The van der Waals surface area contributed by atoms with Crippen LogP contribution in [0, 0.1) is 0 Å². The van der Waals surface area contributed by atoms with Crippen LogP contribution in [-0.4, -0.2) is 11.1 Å². The highest BCUT2D eigenvalue weighted by atomic mass is 35.8.